The zero-order chi connectivity index (χ0) is 23.5. The number of thioether (sulfide) groups is 1. The minimum atomic E-state index is -0.405. The van der Waals surface area contributed by atoms with Crippen LogP contribution in [0.25, 0.3) is 5.57 Å². The summed E-state index contributed by atoms with van der Waals surface area (Å²) in [5.74, 6) is -0.388. The van der Waals surface area contributed by atoms with Crippen molar-refractivity contribution in [3.05, 3.63) is 71.7 Å². The van der Waals surface area contributed by atoms with Crippen LogP contribution in [0.15, 0.2) is 66.1 Å². The maximum atomic E-state index is 13.4. The van der Waals surface area contributed by atoms with Crippen LogP contribution < -0.4 is 15.0 Å². The molecule has 0 aromatic heterocycles. The first-order valence-electron chi connectivity index (χ1n) is 10.3. The van der Waals surface area contributed by atoms with E-state index in [1.807, 2.05) is 6.92 Å². The molecule has 2 aliphatic heterocycles. The summed E-state index contributed by atoms with van der Waals surface area (Å²) in [6.45, 7) is 6.18. The number of rotatable bonds is 7. The van der Waals surface area contributed by atoms with Crippen LogP contribution in [-0.2, 0) is 14.4 Å². The van der Waals surface area contributed by atoms with Crippen LogP contribution in [0.3, 0.4) is 0 Å². The number of para-hydroxylation sites is 1. The van der Waals surface area contributed by atoms with Crippen molar-refractivity contribution in [2.45, 2.75) is 6.92 Å². The Morgan fingerprint density at radius 2 is 1.85 bits per heavy atom. The summed E-state index contributed by atoms with van der Waals surface area (Å²) in [4.78, 5) is 42.2. The number of anilines is 2. The molecule has 1 saturated heterocycles. The number of fused-ring (bicyclic) bond motifs is 1. The summed E-state index contributed by atoms with van der Waals surface area (Å²) < 4.78 is 5.78. The van der Waals surface area contributed by atoms with Gasteiger partial charge in [0.25, 0.3) is 11.8 Å². The lowest BCUT2D eigenvalue weighted by atomic mass is 10.1. The average Bonchev–Trinajstić information content (AvgIpc) is 3.23. The molecule has 33 heavy (non-hydrogen) atoms. The molecular formula is C24H21N3O4S2. The van der Waals surface area contributed by atoms with E-state index in [0.717, 1.165) is 11.8 Å². The van der Waals surface area contributed by atoms with Crippen molar-refractivity contribution in [2.75, 3.05) is 29.9 Å². The minimum absolute atomic E-state index is 0.195. The van der Waals surface area contributed by atoms with Crippen molar-refractivity contribution >= 4 is 63.0 Å². The third-order valence-corrected chi connectivity index (χ3v) is 6.51. The zero-order valence-corrected chi connectivity index (χ0v) is 19.5. The number of ether oxygens (including phenoxy) is 1. The molecule has 168 valence electrons. The van der Waals surface area contributed by atoms with E-state index < -0.39 is 5.91 Å². The molecule has 2 aliphatic rings. The zero-order valence-electron chi connectivity index (χ0n) is 17.9. The van der Waals surface area contributed by atoms with Gasteiger partial charge in [-0.3, -0.25) is 24.2 Å². The molecule has 3 amide bonds. The fourth-order valence-corrected chi connectivity index (χ4v) is 4.98. The normalized spacial score (nSPS) is 17.4. The number of benzene rings is 2. The first-order chi connectivity index (χ1) is 15.9. The topological polar surface area (TPSA) is 79.0 Å². The smallest absolute Gasteiger partial charge is 0.267 e. The van der Waals surface area contributed by atoms with Gasteiger partial charge >= 0.3 is 0 Å². The lowest BCUT2D eigenvalue weighted by Gasteiger charge is -2.17. The van der Waals surface area contributed by atoms with Gasteiger partial charge in [-0.2, -0.15) is 0 Å². The molecule has 0 unspecified atom stereocenters. The fourth-order valence-electron chi connectivity index (χ4n) is 3.64. The van der Waals surface area contributed by atoms with Gasteiger partial charge < -0.3 is 10.1 Å². The van der Waals surface area contributed by atoms with E-state index in [-0.39, 0.29) is 35.4 Å². The summed E-state index contributed by atoms with van der Waals surface area (Å²) in [5.41, 5.74) is 2.04. The second kappa shape index (κ2) is 9.60. The van der Waals surface area contributed by atoms with Crippen molar-refractivity contribution < 1.29 is 19.1 Å². The van der Waals surface area contributed by atoms with Crippen LogP contribution in [0, 0.1) is 0 Å². The lowest BCUT2D eigenvalue weighted by molar-refractivity contribution is -0.122. The van der Waals surface area contributed by atoms with Crippen molar-refractivity contribution in [3.63, 3.8) is 0 Å². The molecule has 2 aromatic rings. The first-order valence-corrected chi connectivity index (χ1v) is 11.5. The molecule has 0 atom stereocenters. The lowest BCUT2D eigenvalue weighted by Crippen LogP contribution is -2.35. The highest BCUT2D eigenvalue weighted by Gasteiger charge is 2.42. The Labute approximate surface area is 201 Å². The molecule has 1 fully saturated rings. The molecular weight excluding hydrogens is 458 g/mol. The van der Waals surface area contributed by atoms with E-state index in [2.05, 4.69) is 11.9 Å². The third kappa shape index (κ3) is 4.42. The highest BCUT2D eigenvalue weighted by atomic mass is 32.2. The number of carbonyl (C=O) groups is 3. The number of carbonyl (C=O) groups excluding carboxylic acids is 3. The summed E-state index contributed by atoms with van der Waals surface area (Å²) in [5, 5.41) is 2.80. The average molecular weight is 480 g/mol. The van der Waals surface area contributed by atoms with Gasteiger partial charge in [0.1, 0.15) is 16.6 Å². The number of amides is 3. The number of hydrogen-bond acceptors (Lipinski definition) is 6. The molecule has 0 bridgehead atoms. The number of nitrogens with zero attached hydrogens (tertiary/aromatic N) is 2. The maximum Gasteiger partial charge on any atom is 0.267 e. The molecule has 7 nitrogen and oxygen atoms in total. The largest absolute Gasteiger partial charge is 0.494 e. The Balaban J connectivity index is 1.59. The molecule has 9 heteroatoms. The highest BCUT2D eigenvalue weighted by Crippen LogP contribution is 2.44. The van der Waals surface area contributed by atoms with E-state index in [1.54, 1.807) is 54.6 Å². The van der Waals surface area contributed by atoms with Gasteiger partial charge in [0.05, 0.1) is 22.8 Å². The van der Waals surface area contributed by atoms with Gasteiger partial charge in [-0.05, 0) is 37.3 Å². The fraction of sp³-hybridized carbons (Fsp3) is 0.167. The quantitative estimate of drug-likeness (QED) is 0.370. The molecule has 1 N–H and O–H groups in total. The van der Waals surface area contributed by atoms with Gasteiger partial charge in [0.15, 0.2) is 0 Å². The summed E-state index contributed by atoms with van der Waals surface area (Å²) in [6.07, 6.45) is 1.58. The number of thiocarbonyl (C=S) groups is 1. The van der Waals surface area contributed by atoms with Gasteiger partial charge in [0, 0.05) is 17.8 Å². The van der Waals surface area contributed by atoms with Crippen LogP contribution in [0.5, 0.6) is 5.75 Å². The van der Waals surface area contributed by atoms with Crippen LogP contribution in [-0.4, -0.2) is 46.6 Å². The molecule has 0 aliphatic carbocycles. The van der Waals surface area contributed by atoms with Crippen molar-refractivity contribution in [1.82, 2.24) is 4.90 Å². The standard InChI is InChI=1S/C24H21N3O4S2/c1-3-13-26-23(30)21(33-24(26)32)20-17-7-5-6-8-18(17)27(22(20)29)14-19(28)25-15-9-11-16(12-10-15)31-4-2/h3,5-12H,1,4,13-14H2,2H3,(H,25,28). The molecule has 2 aromatic carbocycles. The number of nitrogens with one attached hydrogen (secondary N) is 1. The van der Waals surface area contributed by atoms with Crippen molar-refractivity contribution in [1.29, 1.82) is 0 Å². The van der Waals surface area contributed by atoms with Crippen LogP contribution in [0.2, 0.25) is 0 Å². The summed E-state index contributed by atoms with van der Waals surface area (Å²) in [7, 11) is 0. The Kier molecular flexibility index (Phi) is 6.62. The predicted molar refractivity (Wildman–Crippen MR) is 134 cm³/mol. The molecule has 0 radical (unpaired) electrons. The highest BCUT2D eigenvalue weighted by molar-refractivity contribution is 8.26. The second-order valence-corrected chi connectivity index (χ2v) is 8.83. The van der Waals surface area contributed by atoms with Crippen molar-refractivity contribution in [3.8, 4) is 5.75 Å². The molecule has 0 saturated carbocycles. The van der Waals surface area contributed by atoms with Crippen LogP contribution in [0.1, 0.15) is 12.5 Å². The Hall–Kier alpha value is -3.43. The summed E-state index contributed by atoms with van der Waals surface area (Å²) in [6, 6.07) is 14.1. The van der Waals surface area contributed by atoms with E-state index in [0.29, 0.717) is 33.6 Å². The Morgan fingerprint density at radius 1 is 1.12 bits per heavy atom. The second-order valence-electron chi connectivity index (χ2n) is 7.19. The summed E-state index contributed by atoms with van der Waals surface area (Å²) >= 11 is 6.41. The third-order valence-electron chi connectivity index (χ3n) is 5.06. The van der Waals surface area contributed by atoms with Crippen LogP contribution >= 0.6 is 24.0 Å². The van der Waals surface area contributed by atoms with Gasteiger partial charge in [-0.25, -0.2) is 0 Å². The van der Waals surface area contributed by atoms with Crippen LogP contribution in [0.4, 0.5) is 11.4 Å². The molecule has 0 spiro atoms. The molecule has 2 heterocycles. The van der Waals surface area contributed by atoms with Gasteiger partial charge in [-0.15, -0.1) is 6.58 Å². The van der Waals surface area contributed by atoms with Crippen molar-refractivity contribution in [2.24, 2.45) is 0 Å². The Morgan fingerprint density at radius 3 is 2.55 bits per heavy atom. The Bertz CT molecular complexity index is 1190. The number of hydrogen-bond donors (Lipinski definition) is 1. The van der Waals surface area contributed by atoms with Gasteiger partial charge in [0.2, 0.25) is 5.91 Å². The predicted octanol–water partition coefficient (Wildman–Crippen LogP) is 3.83. The van der Waals surface area contributed by atoms with E-state index in [1.165, 1.54) is 9.80 Å². The van der Waals surface area contributed by atoms with E-state index in [9.17, 15) is 14.4 Å². The monoisotopic (exact) mass is 479 g/mol. The minimum Gasteiger partial charge on any atom is -0.494 e. The molecule has 4 rings (SSSR count). The first kappa shape index (κ1) is 22.8. The van der Waals surface area contributed by atoms with E-state index >= 15 is 0 Å². The SMILES string of the molecule is C=CCN1C(=O)C(=C2C(=O)N(CC(=O)Nc3ccc(OCC)cc3)c3ccccc32)SC1=S. The van der Waals surface area contributed by atoms with E-state index in [4.69, 9.17) is 17.0 Å². The van der Waals surface area contributed by atoms with Gasteiger partial charge in [-0.1, -0.05) is 48.3 Å². The maximum absolute atomic E-state index is 13.4.